The second-order valence-corrected chi connectivity index (χ2v) is 4.31. The minimum absolute atomic E-state index is 0.0506. The Morgan fingerprint density at radius 3 is 2.76 bits per heavy atom. The summed E-state index contributed by atoms with van der Waals surface area (Å²) in [6.45, 7) is 2.36. The molecule has 4 nitrogen and oxygen atoms in total. The lowest BCUT2D eigenvalue weighted by atomic mass is 9.94. The zero-order valence-electron chi connectivity index (χ0n) is 9.43. The number of hydrogen-bond acceptors (Lipinski definition) is 3. The third-order valence-corrected chi connectivity index (χ3v) is 2.78. The van der Waals surface area contributed by atoms with E-state index in [1.165, 1.54) is 0 Å². The largest absolute Gasteiger partial charge is 0.471 e. The number of nitrogens with one attached hydrogen (secondary N) is 2. The minimum atomic E-state index is -4.85. The van der Waals surface area contributed by atoms with Crippen molar-refractivity contribution in [3.05, 3.63) is 0 Å². The van der Waals surface area contributed by atoms with Crippen LogP contribution in [0.5, 0.6) is 0 Å². The third kappa shape index (κ3) is 4.33. The van der Waals surface area contributed by atoms with E-state index in [0.717, 1.165) is 0 Å². The van der Waals surface area contributed by atoms with Gasteiger partial charge in [0.15, 0.2) is 0 Å². The number of alkyl halides is 3. The first-order valence-electron chi connectivity index (χ1n) is 5.39. The summed E-state index contributed by atoms with van der Waals surface area (Å²) in [4.78, 5) is 21.9. The maximum Gasteiger partial charge on any atom is 0.471 e. The Hall–Kier alpha value is -1.11. The molecule has 0 spiro atoms. The van der Waals surface area contributed by atoms with Crippen molar-refractivity contribution in [2.45, 2.75) is 19.5 Å². The molecule has 2 N–H and O–H groups in total. The molecule has 0 radical (unpaired) electrons. The number of Topliss-reactive ketones (excluding diaryl/α,β-unsaturated/α-hetero) is 1. The summed E-state index contributed by atoms with van der Waals surface area (Å²) in [6.07, 6.45) is -4.36. The molecule has 1 rings (SSSR count). The van der Waals surface area contributed by atoms with Crippen LogP contribution in [0.3, 0.4) is 0 Å². The summed E-state index contributed by atoms with van der Waals surface area (Å²) in [5, 5.41) is 4.70. The molecule has 1 saturated heterocycles. The molecule has 2 atom stereocenters. The summed E-state index contributed by atoms with van der Waals surface area (Å²) in [5.74, 6) is -2.21. The number of carbonyl (C=O) groups excluding carboxylic acids is 2. The summed E-state index contributed by atoms with van der Waals surface area (Å²) in [7, 11) is 0. The predicted octanol–water partition coefficient (Wildman–Crippen LogP) is 0.480. The zero-order chi connectivity index (χ0) is 13.1. The highest BCUT2D eigenvalue weighted by Gasteiger charge is 2.38. The van der Waals surface area contributed by atoms with Crippen molar-refractivity contribution >= 4 is 11.7 Å². The van der Waals surface area contributed by atoms with Crippen molar-refractivity contribution in [3.8, 4) is 0 Å². The molecule has 0 aromatic rings. The van der Waals surface area contributed by atoms with Crippen LogP contribution >= 0.6 is 0 Å². The number of halogens is 3. The number of amides is 1. The fourth-order valence-electron chi connectivity index (χ4n) is 1.78. The number of ketones is 1. The van der Waals surface area contributed by atoms with Gasteiger partial charge in [-0.3, -0.25) is 9.59 Å². The Bertz CT molecular complexity index is 304. The van der Waals surface area contributed by atoms with Crippen LogP contribution in [0.2, 0.25) is 0 Å². The quantitative estimate of drug-likeness (QED) is 0.751. The van der Waals surface area contributed by atoms with E-state index < -0.39 is 12.1 Å². The fourth-order valence-corrected chi connectivity index (χ4v) is 1.78. The molecule has 1 fully saturated rings. The molecule has 0 aromatic heterocycles. The maximum atomic E-state index is 11.9. The van der Waals surface area contributed by atoms with Crippen molar-refractivity contribution in [1.82, 2.24) is 10.6 Å². The van der Waals surface area contributed by atoms with Gasteiger partial charge in [0.05, 0.1) is 6.54 Å². The fraction of sp³-hybridized carbons (Fsp3) is 0.800. The van der Waals surface area contributed by atoms with E-state index in [1.807, 2.05) is 5.32 Å². The molecular formula is C10H15F3N2O2. The van der Waals surface area contributed by atoms with Crippen LogP contribution in [0.25, 0.3) is 0 Å². The summed E-state index contributed by atoms with van der Waals surface area (Å²) in [6, 6.07) is 0. The first-order chi connectivity index (χ1) is 7.80. The van der Waals surface area contributed by atoms with Gasteiger partial charge in [-0.2, -0.15) is 13.2 Å². The zero-order valence-corrected chi connectivity index (χ0v) is 9.43. The highest BCUT2D eigenvalue weighted by atomic mass is 19.4. The molecular weight excluding hydrogens is 237 g/mol. The van der Waals surface area contributed by atoms with Crippen LogP contribution in [0.1, 0.15) is 13.3 Å². The first kappa shape index (κ1) is 14.0. The molecule has 1 heterocycles. The maximum absolute atomic E-state index is 11.9. The molecule has 1 aliphatic heterocycles. The predicted molar refractivity (Wildman–Crippen MR) is 54.2 cm³/mol. The van der Waals surface area contributed by atoms with E-state index in [0.29, 0.717) is 13.0 Å². The molecule has 0 saturated carbocycles. The van der Waals surface area contributed by atoms with Crippen molar-refractivity contribution in [2.24, 2.45) is 11.8 Å². The van der Waals surface area contributed by atoms with E-state index in [1.54, 1.807) is 6.92 Å². The van der Waals surface area contributed by atoms with Gasteiger partial charge in [-0.15, -0.1) is 0 Å². The Morgan fingerprint density at radius 2 is 2.18 bits per heavy atom. The molecule has 1 aliphatic rings. The monoisotopic (exact) mass is 252 g/mol. The lowest BCUT2D eigenvalue weighted by Crippen LogP contribution is -2.41. The Balaban J connectivity index is 2.42. The van der Waals surface area contributed by atoms with Crippen LogP contribution in [-0.2, 0) is 9.59 Å². The molecule has 7 heteroatoms. The molecule has 98 valence electrons. The molecule has 1 amide bonds. The van der Waals surface area contributed by atoms with E-state index in [4.69, 9.17) is 0 Å². The van der Waals surface area contributed by atoms with Gasteiger partial charge in [-0.25, -0.2) is 0 Å². The summed E-state index contributed by atoms with van der Waals surface area (Å²) < 4.78 is 35.8. The van der Waals surface area contributed by atoms with Crippen molar-refractivity contribution in [3.63, 3.8) is 0 Å². The highest BCUT2D eigenvalue weighted by Crippen LogP contribution is 2.17. The van der Waals surface area contributed by atoms with E-state index in [-0.39, 0.29) is 30.7 Å². The molecule has 0 aliphatic carbocycles. The normalized spacial score (nSPS) is 26.5. The summed E-state index contributed by atoms with van der Waals surface area (Å²) >= 11 is 0. The van der Waals surface area contributed by atoms with E-state index in [9.17, 15) is 22.8 Å². The van der Waals surface area contributed by atoms with Crippen LogP contribution in [-0.4, -0.2) is 37.5 Å². The van der Waals surface area contributed by atoms with Crippen LogP contribution in [0.15, 0.2) is 0 Å². The number of carbonyl (C=O) groups is 2. The van der Waals surface area contributed by atoms with Crippen molar-refractivity contribution < 1.29 is 22.8 Å². The Labute approximate surface area is 96.9 Å². The van der Waals surface area contributed by atoms with Gasteiger partial charge in [0.1, 0.15) is 5.78 Å². The van der Waals surface area contributed by atoms with Gasteiger partial charge in [0.2, 0.25) is 0 Å². The topological polar surface area (TPSA) is 58.2 Å². The standard InChI is InChI=1S/C10H15F3N2O2/c1-6-2-7(3-14-5-8(6)16)4-15-9(17)10(11,12)13/h6-7,14H,2-5H2,1H3,(H,15,17). The molecule has 2 unspecified atom stereocenters. The van der Waals surface area contributed by atoms with Gasteiger partial charge in [0, 0.05) is 19.0 Å². The van der Waals surface area contributed by atoms with Gasteiger partial charge < -0.3 is 10.6 Å². The lowest BCUT2D eigenvalue weighted by Gasteiger charge is -2.17. The lowest BCUT2D eigenvalue weighted by molar-refractivity contribution is -0.173. The molecule has 0 aromatic carbocycles. The SMILES string of the molecule is CC1CC(CNC(=O)C(F)(F)F)CNCC1=O. The van der Waals surface area contributed by atoms with E-state index >= 15 is 0 Å². The van der Waals surface area contributed by atoms with Crippen molar-refractivity contribution in [1.29, 1.82) is 0 Å². The average Bonchev–Trinajstić information content (AvgIpc) is 2.37. The van der Waals surface area contributed by atoms with Gasteiger partial charge in [0.25, 0.3) is 0 Å². The van der Waals surface area contributed by atoms with Crippen LogP contribution in [0.4, 0.5) is 13.2 Å². The average molecular weight is 252 g/mol. The van der Waals surface area contributed by atoms with Gasteiger partial charge in [-0.1, -0.05) is 6.92 Å². The van der Waals surface area contributed by atoms with Gasteiger partial charge in [-0.05, 0) is 12.3 Å². The highest BCUT2D eigenvalue weighted by molar-refractivity contribution is 5.83. The second-order valence-electron chi connectivity index (χ2n) is 4.31. The Kier molecular flexibility index (Phi) is 4.50. The minimum Gasteiger partial charge on any atom is -0.348 e. The van der Waals surface area contributed by atoms with Crippen LogP contribution < -0.4 is 10.6 Å². The van der Waals surface area contributed by atoms with Crippen molar-refractivity contribution in [2.75, 3.05) is 19.6 Å². The molecule has 17 heavy (non-hydrogen) atoms. The number of rotatable bonds is 2. The summed E-state index contributed by atoms with van der Waals surface area (Å²) in [5.41, 5.74) is 0. The first-order valence-corrected chi connectivity index (χ1v) is 5.39. The molecule has 0 bridgehead atoms. The third-order valence-electron chi connectivity index (χ3n) is 2.78. The Morgan fingerprint density at radius 1 is 1.53 bits per heavy atom. The van der Waals surface area contributed by atoms with Crippen LogP contribution in [0, 0.1) is 11.8 Å². The number of hydrogen-bond donors (Lipinski definition) is 2. The van der Waals surface area contributed by atoms with Gasteiger partial charge >= 0.3 is 12.1 Å². The second kappa shape index (κ2) is 5.48. The van der Waals surface area contributed by atoms with E-state index in [2.05, 4.69) is 5.32 Å². The smallest absolute Gasteiger partial charge is 0.348 e.